The number of phenols is 1. The zero-order chi connectivity index (χ0) is 15.2. The van der Waals surface area contributed by atoms with Crippen LogP contribution in [0.3, 0.4) is 0 Å². The molecule has 1 aliphatic heterocycles. The van der Waals surface area contributed by atoms with Crippen molar-refractivity contribution in [1.82, 2.24) is 10.2 Å². The molecular formula is C16H25N3O2. The minimum absolute atomic E-state index is 0.139. The number of nitrogen functional groups attached to an aromatic ring is 1. The molecular weight excluding hydrogens is 266 g/mol. The van der Waals surface area contributed by atoms with E-state index >= 15 is 0 Å². The summed E-state index contributed by atoms with van der Waals surface area (Å²) in [5.74, 6) is 0.430. The Labute approximate surface area is 126 Å². The minimum Gasteiger partial charge on any atom is -0.505 e. The molecule has 1 saturated heterocycles. The normalized spacial score (nSPS) is 16.8. The molecule has 1 amide bonds. The van der Waals surface area contributed by atoms with Gasteiger partial charge in [0, 0.05) is 6.54 Å². The van der Waals surface area contributed by atoms with Crippen LogP contribution in [0.15, 0.2) is 18.2 Å². The molecule has 0 radical (unpaired) electrons. The Balaban J connectivity index is 1.71. The third-order valence-corrected chi connectivity index (χ3v) is 4.12. The summed E-state index contributed by atoms with van der Waals surface area (Å²) in [6.45, 7) is 6.24. The van der Waals surface area contributed by atoms with Crippen molar-refractivity contribution in [3.63, 3.8) is 0 Å². The zero-order valence-corrected chi connectivity index (χ0v) is 12.6. The van der Waals surface area contributed by atoms with Gasteiger partial charge in [-0.1, -0.05) is 13.0 Å². The summed E-state index contributed by atoms with van der Waals surface area (Å²) in [6.07, 6.45) is 3.45. The van der Waals surface area contributed by atoms with Gasteiger partial charge in [0.05, 0.1) is 11.3 Å². The maximum atomic E-state index is 12.0. The summed E-state index contributed by atoms with van der Waals surface area (Å²) < 4.78 is 0. The van der Waals surface area contributed by atoms with Gasteiger partial charge in [0.2, 0.25) is 0 Å². The van der Waals surface area contributed by atoms with Crippen molar-refractivity contribution >= 4 is 11.6 Å². The second kappa shape index (κ2) is 7.31. The number of nitrogens with one attached hydrogen (secondary N) is 1. The Morgan fingerprint density at radius 2 is 2.14 bits per heavy atom. The van der Waals surface area contributed by atoms with Crippen LogP contribution in [-0.2, 0) is 0 Å². The first-order chi connectivity index (χ1) is 10.1. The smallest absolute Gasteiger partial charge is 0.255 e. The van der Waals surface area contributed by atoms with E-state index in [4.69, 9.17) is 5.73 Å². The molecule has 0 spiro atoms. The molecule has 0 unspecified atom stereocenters. The van der Waals surface area contributed by atoms with Crippen molar-refractivity contribution in [3.8, 4) is 5.75 Å². The fraction of sp³-hybridized carbons (Fsp3) is 0.562. The molecule has 5 nitrogen and oxygen atoms in total. The van der Waals surface area contributed by atoms with Gasteiger partial charge in [-0.25, -0.2) is 0 Å². The van der Waals surface area contributed by atoms with Crippen molar-refractivity contribution in [1.29, 1.82) is 0 Å². The Morgan fingerprint density at radius 1 is 1.43 bits per heavy atom. The monoisotopic (exact) mass is 291 g/mol. The van der Waals surface area contributed by atoms with Gasteiger partial charge in [-0.2, -0.15) is 0 Å². The first kappa shape index (κ1) is 15.6. The molecule has 21 heavy (non-hydrogen) atoms. The topological polar surface area (TPSA) is 78.6 Å². The van der Waals surface area contributed by atoms with Crippen LogP contribution >= 0.6 is 0 Å². The van der Waals surface area contributed by atoms with Gasteiger partial charge in [-0.15, -0.1) is 0 Å². The lowest BCUT2D eigenvalue weighted by Crippen LogP contribution is -2.35. The van der Waals surface area contributed by atoms with Crippen molar-refractivity contribution in [2.45, 2.75) is 26.2 Å². The number of rotatable bonds is 5. The third-order valence-electron chi connectivity index (χ3n) is 4.12. The number of para-hydroxylation sites is 1. The predicted octanol–water partition coefficient (Wildman–Crippen LogP) is 1.83. The van der Waals surface area contributed by atoms with Crippen LogP contribution < -0.4 is 11.1 Å². The minimum atomic E-state index is -0.271. The van der Waals surface area contributed by atoms with Gasteiger partial charge >= 0.3 is 0 Å². The molecule has 1 aliphatic rings. The summed E-state index contributed by atoms with van der Waals surface area (Å²) >= 11 is 0. The van der Waals surface area contributed by atoms with Crippen molar-refractivity contribution in [2.75, 3.05) is 31.9 Å². The number of piperidine rings is 1. The number of likely N-dealkylation sites (tertiary alicyclic amines) is 1. The van der Waals surface area contributed by atoms with E-state index in [2.05, 4.69) is 17.1 Å². The number of anilines is 1. The molecule has 0 aliphatic carbocycles. The Bertz CT molecular complexity index is 482. The highest BCUT2D eigenvalue weighted by Gasteiger charge is 2.15. The van der Waals surface area contributed by atoms with Gasteiger partial charge in [-0.3, -0.25) is 4.79 Å². The third kappa shape index (κ3) is 4.36. The van der Waals surface area contributed by atoms with Crippen LogP contribution in [0, 0.1) is 5.92 Å². The molecule has 1 aromatic rings. The molecule has 0 bridgehead atoms. The molecule has 1 heterocycles. The van der Waals surface area contributed by atoms with E-state index in [-0.39, 0.29) is 22.9 Å². The number of hydrogen-bond donors (Lipinski definition) is 3. The number of nitrogens with two attached hydrogens (primary N) is 1. The first-order valence-corrected chi connectivity index (χ1v) is 7.66. The molecule has 116 valence electrons. The van der Waals surface area contributed by atoms with E-state index in [1.165, 1.54) is 12.8 Å². The van der Waals surface area contributed by atoms with Crippen LogP contribution in [-0.4, -0.2) is 42.1 Å². The number of nitrogens with zero attached hydrogens (tertiary/aromatic N) is 1. The van der Waals surface area contributed by atoms with Crippen LogP contribution in [0.1, 0.15) is 36.5 Å². The molecule has 2 rings (SSSR count). The standard InChI is InChI=1S/C16H25N3O2/c1-12-6-10-19(11-7-12)9-3-8-18-16(21)13-4-2-5-14(17)15(13)20/h2,4-5,12,20H,3,6-11,17H2,1H3,(H,18,21). The fourth-order valence-electron chi connectivity index (χ4n) is 2.63. The number of carbonyl (C=O) groups excluding carboxylic acids is 1. The summed E-state index contributed by atoms with van der Waals surface area (Å²) in [5.41, 5.74) is 6.05. The van der Waals surface area contributed by atoms with Crippen LogP contribution in [0.25, 0.3) is 0 Å². The van der Waals surface area contributed by atoms with Crippen molar-refractivity contribution < 1.29 is 9.90 Å². The molecule has 5 heteroatoms. The molecule has 4 N–H and O–H groups in total. The van der Waals surface area contributed by atoms with E-state index in [0.717, 1.165) is 32.0 Å². The fourth-order valence-corrected chi connectivity index (χ4v) is 2.63. The molecule has 1 aromatic carbocycles. The number of aromatic hydroxyl groups is 1. The molecule has 1 fully saturated rings. The highest BCUT2D eigenvalue weighted by molar-refractivity contribution is 5.98. The SMILES string of the molecule is CC1CCN(CCCNC(=O)c2cccc(N)c2O)CC1. The largest absolute Gasteiger partial charge is 0.505 e. The number of hydrogen-bond acceptors (Lipinski definition) is 4. The summed E-state index contributed by atoms with van der Waals surface area (Å²) in [5, 5.41) is 12.6. The lowest BCUT2D eigenvalue weighted by atomic mass is 9.99. The van der Waals surface area contributed by atoms with E-state index in [1.54, 1.807) is 18.2 Å². The Hall–Kier alpha value is -1.75. The lowest BCUT2D eigenvalue weighted by Gasteiger charge is -2.30. The van der Waals surface area contributed by atoms with Gasteiger partial charge < -0.3 is 21.1 Å². The van der Waals surface area contributed by atoms with Gasteiger partial charge in [0.25, 0.3) is 5.91 Å². The van der Waals surface area contributed by atoms with Crippen LogP contribution in [0.4, 0.5) is 5.69 Å². The number of amides is 1. The van der Waals surface area contributed by atoms with E-state index < -0.39 is 0 Å². The molecule has 0 atom stereocenters. The van der Waals surface area contributed by atoms with Crippen LogP contribution in [0.5, 0.6) is 5.75 Å². The Kier molecular flexibility index (Phi) is 5.44. The number of phenolic OH excluding ortho intramolecular Hbond substituents is 1. The lowest BCUT2D eigenvalue weighted by molar-refractivity contribution is 0.0948. The quantitative estimate of drug-likeness (QED) is 0.439. The first-order valence-electron chi connectivity index (χ1n) is 7.66. The number of carbonyl (C=O) groups is 1. The summed E-state index contributed by atoms with van der Waals surface area (Å²) in [6, 6.07) is 4.81. The van der Waals surface area contributed by atoms with Crippen molar-refractivity contribution in [2.24, 2.45) is 5.92 Å². The van der Waals surface area contributed by atoms with Gasteiger partial charge in [0.1, 0.15) is 0 Å². The molecule has 0 aromatic heterocycles. The summed E-state index contributed by atoms with van der Waals surface area (Å²) in [7, 11) is 0. The Morgan fingerprint density at radius 3 is 2.86 bits per heavy atom. The number of benzene rings is 1. The summed E-state index contributed by atoms with van der Waals surface area (Å²) in [4.78, 5) is 14.4. The van der Waals surface area contributed by atoms with Gasteiger partial charge in [0.15, 0.2) is 5.75 Å². The maximum absolute atomic E-state index is 12.0. The second-order valence-corrected chi connectivity index (χ2v) is 5.88. The van der Waals surface area contributed by atoms with E-state index in [9.17, 15) is 9.90 Å². The molecule has 0 saturated carbocycles. The predicted molar refractivity (Wildman–Crippen MR) is 84.3 cm³/mol. The highest BCUT2D eigenvalue weighted by Crippen LogP contribution is 2.24. The maximum Gasteiger partial charge on any atom is 0.255 e. The highest BCUT2D eigenvalue weighted by atomic mass is 16.3. The van der Waals surface area contributed by atoms with E-state index in [1.807, 2.05) is 0 Å². The average Bonchev–Trinajstić information content (AvgIpc) is 2.48. The average molecular weight is 291 g/mol. The van der Waals surface area contributed by atoms with E-state index in [0.29, 0.717) is 6.54 Å². The van der Waals surface area contributed by atoms with Crippen molar-refractivity contribution in [3.05, 3.63) is 23.8 Å². The van der Waals surface area contributed by atoms with Gasteiger partial charge in [-0.05, 0) is 56.9 Å². The van der Waals surface area contributed by atoms with Crippen LogP contribution in [0.2, 0.25) is 0 Å². The zero-order valence-electron chi connectivity index (χ0n) is 12.6. The second-order valence-electron chi connectivity index (χ2n) is 5.88.